The molecule has 1 saturated carbocycles. The predicted molar refractivity (Wildman–Crippen MR) is 135 cm³/mol. The fourth-order valence-electron chi connectivity index (χ4n) is 6.06. The molecule has 0 radical (unpaired) electrons. The highest BCUT2D eigenvalue weighted by Gasteiger charge is 2.39. The van der Waals surface area contributed by atoms with E-state index in [-0.39, 0.29) is 45.5 Å². The second-order valence-corrected chi connectivity index (χ2v) is 10.4. The van der Waals surface area contributed by atoms with Crippen LogP contribution in [0.3, 0.4) is 0 Å². The number of halogens is 3. The number of amides is 1. The molecule has 3 heterocycles. The number of Topliss-reactive ketones (excluding diaryl/α,β-unsaturated/α-hetero) is 1. The van der Waals surface area contributed by atoms with Crippen molar-refractivity contribution in [3.63, 3.8) is 0 Å². The number of carbonyl (C=O) groups excluding carboxylic acids is 2. The molecule has 3 aromatic rings. The standard InChI is InChI=1S/C29H29F3N4O2/c1-35-17-23(19-9-11-36(12-10-19)28(38)20-6-2-3-7-20)25-26(29(30,31)32)22(16-34-27(25)35)14-24(37)21-8-4-5-18(13-21)15-33/h4-5,8,13,16-17,19-20H,2-3,6-7,9-12,14H2,1H3. The Kier molecular flexibility index (Phi) is 6.99. The highest BCUT2D eigenvalue weighted by molar-refractivity contribution is 5.99. The van der Waals surface area contributed by atoms with Crippen LogP contribution < -0.4 is 0 Å². The molecule has 0 N–H and O–H groups in total. The van der Waals surface area contributed by atoms with Crippen LogP contribution in [-0.4, -0.2) is 39.2 Å². The lowest BCUT2D eigenvalue weighted by Crippen LogP contribution is -2.40. The van der Waals surface area contributed by atoms with E-state index >= 15 is 0 Å². The Balaban J connectivity index is 1.47. The van der Waals surface area contributed by atoms with Crippen LogP contribution in [0.4, 0.5) is 13.2 Å². The van der Waals surface area contributed by atoms with E-state index in [1.54, 1.807) is 17.8 Å². The third kappa shape index (κ3) is 4.92. The molecule has 1 amide bonds. The number of hydrogen-bond acceptors (Lipinski definition) is 4. The van der Waals surface area contributed by atoms with Crippen molar-refractivity contribution in [3.8, 4) is 6.07 Å². The van der Waals surface area contributed by atoms with E-state index in [1.165, 1.54) is 24.3 Å². The van der Waals surface area contributed by atoms with Gasteiger partial charge in [-0.05, 0) is 54.9 Å². The van der Waals surface area contributed by atoms with Gasteiger partial charge >= 0.3 is 6.18 Å². The highest BCUT2D eigenvalue weighted by Crippen LogP contribution is 2.43. The molecule has 6 nitrogen and oxygen atoms in total. The zero-order valence-corrected chi connectivity index (χ0v) is 21.2. The van der Waals surface area contributed by atoms with Crippen molar-refractivity contribution in [1.82, 2.24) is 14.5 Å². The molecule has 198 valence electrons. The smallest absolute Gasteiger partial charge is 0.342 e. The topological polar surface area (TPSA) is 79.0 Å². The van der Waals surface area contributed by atoms with Gasteiger partial charge in [0, 0.05) is 55.8 Å². The summed E-state index contributed by atoms with van der Waals surface area (Å²) < 4.78 is 45.4. The Hall–Kier alpha value is -3.67. The molecule has 0 atom stereocenters. The number of ketones is 1. The molecule has 9 heteroatoms. The van der Waals surface area contributed by atoms with Gasteiger partial charge in [-0.2, -0.15) is 18.4 Å². The number of benzene rings is 1. The number of nitriles is 1. The monoisotopic (exact) mass is 522 g/mol. The summed E-state index contributed by atoms with van der Waals surface area (Å²) in [6.45, 7) is 1.05. The zero-order valence-electron chi connectivity index (χ0n) is 21.2. The number of alkyl halides is 3. The summed E-state index contributed by atoms with van der Waals surface area (Å²) in [5, 5.41) is 9.16. The van der Waals surface area contributed by atoms with Crippen LogP contribution in [-0.2, 0) is 24.4 Å². The third-order valence-corrected chi connectivity index (χ3v) is 7.99. The first kappa shape index (κ1) is 26.0. The van der Waals surface area contributed by atoms with E-state index in [4.69, 9.17) is 5.26 Å². The molecular weight excluding hydrogens is 493 g/mol. The molecule has 1 aliphatic carbocycles. The first-order valence-electron chi connectivity index (χ1n) is 13.0. The summed E-state index contributed by atoms with van der Waals surface area (Å²) in [5.74, 6) is -0.394. The largest absolute Gasteiger partial charge is 0.417 e. The molecule has 0 unspecified atom stereocenters. The quantitative estimate of drug-likeness (QED) is 0.398. The molecule has 1 saturated heterocycles. The second kappa shape index (κ2) is 10.2. The molecule has 2 fully saturated rings. The Labute approximate surface area is 219 Å². The number of aryl methyl sites for hydroxylation is 1. The van der Waals surface area contributed by atoms with Crippen LogP contribution in [0.2, 0.25) is 0 Å². The number of carbonyl (C=O) groups is 2. The van der Waals surface area contributed by atoms with Gasteiger partial charge in [0.1, 0.15) is 5.65 Å². The van der Waals surface area contributed by atoms with Crippen molar-refractivity contribution in [2.75, 3.05) is 13.1 Å². The van der Waals surface area contributed by atoms with Gasteiger partial charge in [0.05, 0.1) is 17.2 Å². The maximum Gasteiger partial charge on any atom is 0.417 e. The van der Waals surface area contributed by atoms with Crippen molar-refractivity contribution in [1.29, 1.82) is 5.26 Å². The number of hydrogen-bond donors (Lipinski definition) is 0. The number of nitrogens with zero attached hydrogens (tertiary/aromatic N) is 4. The number of piperidine rings is 1. The lowest BCUT2D eigenvalue weighted by atomic mass is 9.86. The summed E-state index contributed by atoms with van der Waals surface area (Å²) in [7, 11) is 1.68. The molecule has 2 aliphatic rings. The number of rotatable bonds is 5. The van der Waals surface area contributed by atoms with Crippen LogP contribution in [0, 0.1) is 17.2 Å². The van der Waals surface area contributed by atoms with Crippen molar-refractivity contribution in [3.05, 3.63) is 64.5 Å². The molecule has 0 bridgehead atoms. The number of aromatic nitrogens is 2. The average Bonchev–Trinajstić information content (AvgIpc) is 3.56. The SMILES string of the molecule is Cn1cc(C2CCN(C(=O)C3CCCC3)CC2)c2c(C(F)(F)F)c(CC(=O)c3cccc(C#N)c3)cnc21. The van der Waals surface area contributed by atoms with Crippen LogP contribution in [0.1, 0.15) is 77.1 Å². The van der Waals surface area contributed by atoms with Crippen molar-refractivity contribution in [2.45, 2.75) is 57.0 Å². The van der Waals surface area contributed by atoms with Crippen molar-refractivity contribution in [2.24, 2.45) is 13.0 Å². The predicted octanol–water partition coefficient (Wildman–Crippen LogP) is 5.79. The Morgan fingerprint density at radius 3 is 2.50 bits per heavy atom. The van der Waals surface area contributed by atoms with E-state index < -0.39 is 23.9 Å². The summed E-state index contributed by atoms with van der Waals surface area (Å²) in [6, 6.07) is 7.90. The molecule has 1 aliphatic heterocycles. The minimum Gasteiger partial charge on any atom is -0.342 e. The summed E-state index contributed by atoms with van der Waals surface area (Å²) >= 11 is 0. The molecule has 0 spiro atoms. The summed E-state index contributed by atoms with van der Waals surface area (Å²) in [5.41, 5.74) is 0.231. The molecule has 2 aromatic heterocycles. The van der Waals surface area contributed by atoms with Gasteiger partial charge in [0.15, 0.2) is 5.78 Å². The molecule has 38 heavy (non-hydrogen) atoms. The summed E-state index contributed by atoms with van der Waals surface area (Å²) in [4.78, 5) is 32.0. The highest BCUT2D eigenvalue weighted by atomic mass is 19.4. The number of fused-ring (bicyclic) bond motifs is 1. The Bertz CT molecular complexity index is 1420. The van der Waals surface area contributed by atoms with Gasteiger partial charge in [0.25, 0.3) is 0 Å². The van der Waals surface area contributed by atoms with Gasteiger partial charge < -0.3 is 9.47 Å². The van der Waals surface area contributed by atoms with Crippen molar-refractivity contribution >= 4 is 22.7 Å². The molecular formula is C29H29F3N4O2. The minimum absolute atomic E-state index is 0.0386. The third-order valence-electron chi connectivity index (χ3n) is 7.99. The fraction of sp³-hybridized carbons (Fsp3) is 0.448. The van der Waals surface area contributed by atoms with Crippen LogP contribution in [0.25, 0.3) is 11.0 Å². The first-order chi connectivity index (χ1) is 18.2. The first-order valence-corrected chi connectivity index (χ1v) is 13.0. The van der Waals surface area contributed by atoms with E-state index in [2.05, 4.69) is 4.98 Å². The van der Waals surface area contributed by atoms with Crippen LogP contribution >= 0.6 is 0 Å². The van der Waals surface area contributed by atoms with E-state index in [9.17, 15) is 22.8 Å². The number of likely N-dealkylation sites (tertiary alicyclic amines) is 1. The maximum atomic E-state index is 14.6. The normalized spacial score (nSPS) is 17.2. The Morgan fingerprint density at radius 2 is 1.84 bits per heavy atom. The van der Waals surface area contributed by atoms with E-state index in [0.717, 1.165) is 31.9 Å². The van der Waals surface area contributed by atoms with Gasteiger partial charge in [-0.25, -0.2) is 4.98 Å². The molecule has 1 aromatic carbocycles. The Morgan fingerprint density at radius 1 is 1.13 bits per heavy atom. The van der Waals surface area contributed by atoms with Gasteiger partial charge in [-0.1, -0.05) is 25.0 Å². The maximum absolute atomic E-state index is 14.6. The zero-order chi connectivity index (χ0) is 27.0. The van der Waals surface area contributed by atoms with Gasteiger partial charge in [0.2, 0.25) is 5.91 Å². The van der Waals surface area contributed by atoms with Gasteiger partial charge in [-0.15, -0.1) is 0 Å². The van der Waals surface area contributed by atoms with Crippen molar-refractivity contribution < 1.29 is 22.8 Å². The fourth-order valence-corrected chi connectivity index (χ4v) is 6.06. The minimum atomic E-state index is -4.69. The van der Waals surface area contributed by atoms with Crippen LogP contribution in [0.5, 0.6) is 0 Å². The second-order valence-electron chi connectivity index (χ2n) is 10.4. The number of pyridine rings is 1. The summed E-state index contributed by atoms with van der Waals surface area (Å²) in [6.07, 6.45) is 2.84. The lowest BCUT2D eigenvalue weighted by molar-refractivity contribution is -0.137. The van der Waals surface area contributed by atoms with E-state index in [1.807, 2.05) is 11.0 Å². The average molecular weight is 523 g/mol. The van der Waals surface area contributed by atoms with Gasteiger partial charge in [-0.3, -0.25) is 9.59 Å². The lowest BCUT2D eigenvalue weighted by Gasteiger charge is -2.33. The van der Waals surface area contributed by atoms with Crippen LogP contribution in [0.15, 0.2) is 36.7 Å². The molecule has 5 rings (SSSR count). The van der Waals surface area contributed by atoms with E-state index in [0.29, 0.717) is 31.5 Å².